The molecular weight excluding hydrogens is 599 g/mol. The third kappa shape index (κ3) is 4.31. The number of nitrogens with zero attached hydrogens (tertiary/aromatic N) is 4. The van der Waals surface area contributed by atoms with Crippen molar-refractivity contribution in [3.63, 3.8) is 0 Å². The predicted octanol–water partition coefficient (Wildman–Crippen LogP) is 8.65. The van der Waals surface area contributed by atoms with Gasteiger partial charge in [-0.2, -0.15) is 0 Å². The number of non-ortho nitro benzene ring substituents is 1. The Hall–Kier alpha value is -4.27. The van der Waals surface area contributed by atoms with Crippen LogP contribution in [0.1, 0.15) is 54.7 Å². The van der Waals surface area contributed by atoms with Crippen LogP contribution < -0.4 is 19.4 Å². The molecule has 1 spiro atoms. The summed E-state index contributed by atoms with van der Waals surface area (Å²) in [4.78, 5) is 31.7. The SMILES string of the molecule is CCN(CC)c1ccc2c(c1)Oc1cc(N(CC)CC)ccc1C21c2ccccc2C(=O)N1c1c(Cl)cc([N+](=O)[O-])cc1Cl. The van der Waals surface area contributed by atoms with Gasteiger partial charge in [0.25, 0.3) is 11.6 Å². The van der Waals surface area contributed by atoms with Gasteiger partial charge >= 0.3 is 0 Å². The molecule has 0 N–H and O–H groups in total. The van der Waals surface area contributed by atoms with Crippen LogP contribution in [-0.4, -0.2) is 37.0 Å². The van der Waals surface area contributed by atoms with E-state index in [-0.39, 0.29) is 27.3 Å². The van der Waals surface area contributed by atoms with Gasteiger partial charge in [-0.25, -0.2) is 0 Å². The molecule has 10 heteroatoms. The van der Waals surface area contributed by atoms with E-state index < -0.39 is 10.5 Å². The number of amides is 1. The highest BCUT2D eigenvalue weighted by Crippen LogP contribution is 2.61. The molecule has 0 radical (unpaired) electrons. The first-order valence-corrected chi connectivity index (χ1v) is 15.5. The fourth-order valence-corrected chi connectivity index (χ4v) is 7.32. The number of halogens is 2. The lowest BCUT2D eigenvalue weighted by Crippen LogP contribution is -2.48. The van der Waals surface area contributed by atoms with Crippen molar-refractivity contribution in [3.8, 4) is 11.5 Å². The van der Waals surface area contributed by atoms with Crippen molar-refractivity contribution in [1.82, 2.24) is 0 Å². The van der Waals surface area contributed by atoms with Gasteiger partial charge in [0.2, 0.25) is 0 Å². The largest absolute Gasteiger partial charge is 0.456 e. The molecule has 0 atom stereocenters. The number of hydrogen-bond acceptors (Lipinski definition) is 6. The summed E-state index contributed by atoms with van der Waals surface area (Å²) in [6, 6.07) is 22.0. The summed E-state index contributed by atoms with van der Waals surface area (Å²) in [7, 11) is 0. The van der Waals surface area contributed by atoms with Gasteiger partial charge in [0, 0.05) is 84.1 Å². The standard InChI is InChI=1S/C34H32Cl2N4O4/c1-5-37(6-2)21-13-15-26-30(19-21)44-31-20-22(38(7-3)8-4)14-16-27(31)34(26)25-12-10-9-11-24(25)33(41)39(34)32-28(35)17-23(40(42)43)18-29(32)36/h9-20H,5-8H2,1-4H3. The van der Waals surface area contributed by atoms with E-state index in [1.807, 2.05) is 54.6 Å². The van der Waals surface area contributed by atoms with Crippen LogP contribution >= 0.6 is 23.2 Å². The van der Waals surface area contributed by atoms with Crippen LogP contribution in [0, 0.1) is 10.1 Å². The lowest BCUT2D eigenvalue weighted by atomic mass is 9.74. The van der Waals surface area contributed by atoms with Crippen LogP contribution in [0.4, 0.5) is 22.7 Å². The highest BCUT2D eigenvalue weighted by Gasteiger charge is 2.58. The number of ether oxygens (including phenoxy) is 1. The molecule has 0 saturated carbocycles. The average Bonchev–Trinajstić information content (AvgIpc) is 3.26. The van der Waals surface area contributed by atoms with Crippen molar-refractivity contribution in [1.29, 1.82) is 0 Å². The minimum absolute atomic E-state index is 0.00107. The summed E-state index contributed by atoms with van der Waals surface area (Å²) in [6.45, 7) is 11.6. The van der Waals surface area contributed by atoms with E-state index >= 15 is 0 Å². The molecule has 44 heavy (non-hydrogen) atoms. The highest BCUT2D eigenvalue weighted by atomic mass is 35.5. The molecule has 1 amide bonds. The van der Waals surface area contributed by atoms with Crippen molar-refractivity contribution in [2.45, 2.75) is 33.2 Å². The Bertz CT molecular complexity index is 1720. The fraction of sp³-hybridized carbons (Fsp3) is 0.265. The number of carbonyl (C=O) groups excluding carboxylic acids is 1. The van der Waals surface area contributed by atoms with Crippen molar-refractivity contribution in [2.24, 2.45) is 0 Å². The normalized spacial score (nSPS) is 14.1. The van der Waals surface area contributed by atoms with Gasteiger partial charge in [-0.3, -0.25) is 19.8 Å². The minimum atomic E-state index is -1.23. The summed E-state index contributed by atoms with van der Waals surface area (Å²) in [6.07, 6.45) is 0. The highest BCUT2D eigenvalue weighted by molar-refractivity contribution is 6.41. The number of nitro benzene ring substituents is 1. The zero-order valence-electron chi connectivity index (χ0n) is 24.9. The van der Waals surface area contributed by atoms with Gasteiger partial charge in [-0.1, -0.05) is 53.5 Å². The second kappa shape index (κ2) is 11.3. The Morgan fingerprint density at radius 1 is 0.773 bits per heavy atom. The van der Waals surface area contributed by atoms with Crippen molar-refractivity contribution in [2.75, 3.05) is 40.9 Å². The monoisotopic (exact) mass is 630 g/mol. The van der Waals surface area contributed by atoms with Gasteiger partial charge in [0.15, 0.2) is 0 Å². The zero-order valence-corrected chi connectivity index (χ0v) is 26.4. The second-order valence-electron chi connectivity index (χ2n) is 10.7. The Morgan fingerprint density at radius 3 is 1.75 bits per heavy atom. The first-order valence-electron chi connectivity index (χ1n) is 14.7. The molecule has 2 aliphatic rings. The zero-order chi connectivity index (χ0) is 31.3. The van der Waals surface area contributed by atoms with E-state index in [1.165, 1.54) is 12.1 Å². The molecule has 2 aliphatic heterocycles. The number of nitro groups is 1. The topological polar surface area (TPSA) is 79.2 Å². The Labute approximate surface area is 266 Å². The first kappa shape index (κ1) is 29.8. The van der Waals surface area contributed by atoms with Gasteiger partial charge in [-0.05, 0) is 45.9 Å². The van der Waals surface area contributed by atoms with E-state index in [1.54, 1.807) is 11.0 Å². The smallest absolute Gasteiger partial charge is 0.272 e. The number of anilines is 3. The van der Waals surface area contributed by atoms with Crippen LogP contribution in [0.3, 0.4) is 0 Å². The van der Waals surface area contributed by atoms with E-state index in [9.17, 15) is 14.9 Å². The second-order valence-corrected chi connectivity index (χ2v) is 11.5. The summed E-state index contributed by atoms with van der Waals surface area (Å²) in [5.41, 5.74) is 3.38. The molecule has 4 aromatic rings. The minimum Gasteiger partial charge on any atom is -0.456 e. The van der Waals surface area contributed by atoms with Crippen LogP contribution in [0.25, 0.3) is 0 Å². The van der Waals surface area contributed by atoms with Crippen LogP contribution in [0.5, 0.6) is 11.5 Å². The maximum absolute atomic E-state index is 14.6. The lowest BCUT2D eigenvalue weighted by molar-refractivity contribution is -0.384. The van der Waals surface area contributed by atoms with E-state index in [0.29, 0.717) is 17.1 Å². The Morgan fingerprint density at radius 2 is 1.27 bits per heavy atom. The number of hydrogen-bond donors (Lipinski definition) is 0. The maximum Gasteiger partial charge on any atom is 0.272 e. The predicted molar refractivity (Wildman–Crippen MR) is 176 cm³/mol. The number of benzene rings is 4. The van der Waals surface area contributed by atoms with Crippen molar-refractivity contribution >= 4 is 51.9 Å². The third-order valence-electron chi connectivity index (χ3n) is 8.71. The molecule has 8 nitrogen and oxygen atoms in total. The van der Waals surface area contributed by atoms with E-state index in [0.717, 1.165) is 54.2 Å². The molecule has 0 bridgehead atoms. The summed E-state index contributed by atoms with van der Waals surface area (Å²) < 4.78 is 6.72. The summed E-state index contributed by atoms with van der Waals surface area (Å²) >= 11 is 13.6. The van der Waals surface area contributed by atoms with Crippen molar-refractivity contribution < 1.29 is 14.5 Å². The summed E-state index contributed by atoms with van der Waals surface area (Å²) in [5, 5.41) is 11.7. The molecule has 0 unspecified atom stereocenters. The maximum atomic E-state index is 14.6. The molecular formula is C34H32Cl2N4O4. The molecule has 6 rings (SSSR count). The number of fused-ring (bicyclic) bond motifs is 6. The lowest BCUT2D eigenvalue weighted by Gasteiger charge is -2.45. The van der Waals surface area contributed by atoms with Crippen molar-refractivity contribution in [3.05, 3.63) is 115 Å². The molecule has 2 heterocycles. The Kier molecular flexibility index (Phi) is 7.68. The fourth-order valence-electron chi connectivity index (χ4n) is 6.67. The third-order valence-corrected chi connectivity index (χ3v) is 9.29. The first-order chi connectivity index (χ1) is 21.2. The number of rotatable bonds is 8. The van der Waals surface area contributed by atoms with Crippen LogP contribution in [0.2, 0.25) is 10.0 Å². The van der Waals surface area contributed by atoms with Gasteiger partial charge in [0.05, 0.1) is 20.7 Å². The molecule has 0 fully saturated rings. The molecule has 4 aromatic carbocycles. The summed E-state index contributed by atoms with van der Waals surface area (Å²) in [5.74, 6) is 0.877. The van der Waals surface area contributed by atoms with Gasteiger partial charge in [0.1, 0.15) is 17.0 Å². The molecule has 0 aliphatic carbocycles. The van der Waals surface area contributed by atoms with Crippen LogP contribution in [-0.2, 0) is 5.54 Å². The average molecular weight is 632 g/mol. The number of carbonyl (C=O) groups is 1. The van der Waals surface area contributed by atoms with Gasteiger partial charge in [-0.15, -0.1) is 0 Å². The van der Waals surface area contributed by atoms with E-state index in [2.05, 4.69) is 37.5 Å². The van der Waals surface area contributed by atoms with E-state index in [4.69, 9.17) is 27.9 Å². The molecule has 226 valence electrons. The molecule has 0 saturated heterocycles. The Balaban J connectivity index is 1.73. The van der Waals surface area contributed by atoms with Gasteiger partial charge < -0.3 is 14.5 Å². The molecule has 0 aromatic heterocycles. The van der Waals surface area contributed by atoms with Crippen LogP contribution in [0.15, 0.2) is 72.8 Å². The quantitative estimate of drug-likeness (QED) is 0.143.